The van der Waals surface area contributed by atoms with Gasteiger partial charge in [0, 0.05) is 51.5 Å². The number of rotatable bonds is 5. The van der Waals surface area contributed by atoms with Gasteiger partial charge in [0.25, 0.3) is 0 Å². The van der Waals surface area contributed by atoms with Gasteiger partial charge in [-0.1, -0.05) is 18.2 Å². The van der Waals surface area contributed by atoms with Crippen molar-refractivity contribution in [2.75, 3.05) is 56.2 Å². The van der Waals surface area contributed by atoms with Crippen molar-refractivity contribution in [3.63, 3.8) is 0 Å². The van der Waals surface area contributed by atoms with E-state index in [9.17, 15) is 8.78 Å². The summed E-state index contributed by atoms with van der Waals surface area (Å²) in [7, 11) is 1.72. The Kier molecular flexibility index (Phi) is 6.86. The molecule has 166 valence electrons. The van der Waals surface area contributed by atoms with Crippen molar-refractivity contribution < 1.29 is 13.5 Å². The molecule has 0 saturated carbocycles. The first kappa shape index (κ1) is 21.4. The van der Waals surface area contributed by atoms with Gasteiger partial charge in [-0.15, -0.1) is 0 Å². The largest absolute Gasteiger partial charge is 0.378 e. The highest BCUT2D eigenvalue weighted by molar-refractivity contribution is 5.80. The predicted molar refractivity (Wildman–Crippen MR) is 120 cm³/mol. The van der Waals surface area contributed by atoms with Crippen LogP contribution < -0.4 is 20.4 Å². The Morgan fingerprint density at radius 3 is 2.42 bits per heavy atom. The van der Waals surface area contributed by atoms with E-state index in [0.29, 0.717) is 25.6 Å². The van der Waals surface area contributed by atoms with Crippen molar-refractivity contribution in [3.8, 4) is 0 Å². The minimum absolute atomic E-state index is 0.0510. The standard InChI is InChI=1S/C23H29F2N5O/c1-26-23(27-15-17-5-7-19(8-6-17)29-11-13-31-14-12-29)28-18-9-10-30(16-18)22-20(24)3-2-4-21(22)25/h2-8,18H,9-16H2,1H3,(H2,26,27,28). The quantitative estimate of drug-likeness (QED) is 0.566. The topological polar surface area (TPSA) is 52.1 Å². The smallest absolute Gasteiger partial charge is 0.191 e. The second kappa shape index (κ2) is 9.96. The lowest BCUT2D eigenvalue weighted by Crippen LogP contribution is -2.44. The summed E-state index contributed by atoms with van der Waals surface area (Å²) in [6, 6.07) is 12.5. The Morgan fingerprint density at radius 1 is 1.03 bits per heavy atom. The van der Waals surface area contributed by atoms with Crippen molar-refractivity contribution in [2.24, 2.45) is 4.99 Å². The summed E-state index contributed by atoms with van der Waals surface area (Å²) >= 11 is 0. The molecule has 6 nitrogen and oxygen atoms in total. The van der Waals surface area contributed by atoms with Crippen LogP contribution >= 0.6 is 0 Å². The zero-order valence-electron chi connectivity index (χ0n) is 17.8. The minimum Gasteiger partial charge on any atom is -0.378 e. The third-order valence-electron chi connectivity index (χ3n) is 5.78. The highest BCUT2D eigenvalue weighted by Crippen LogP contribution is 2.26. The number of morpholine rings is 1. The monoisotopic (exact) mass is 429 g/mol. The molecule has 0 aliphatic carbocycles. The summed E-state index contributed by atoms with van der Waals surface area (Å²) in [6.45, 7) is 5.14. The SMILES string of the molecule is CN=C(NCc1ccc(N2CCOCC2)cc1)NC1CCN(c2c(F)cccc2F)C1. The summed E-state index contributed by atoms with van der Waals surface area (Å²) in [6.07, 6.45) is 0.780. The lowest BCUT2D eigenvalue weighted by Gasteiger charge is -2.29. The molecule has 2 heterocycles. The van der Waals surface area contributed by atoms with Gasteiger partial charge in [0.2, 0.25) is 0 Å². The van der Waals surface area contributed by atoms with Crippen LogP contribution in [-0.4, -0.2) is 58.4 Å². The average molecular weight is 430 g/mol. The highest BCUT2D eigenvalue weighted by Gasteiger charge is 2.27. The minimum atomic E-state index is -0.524. The number of anilines is 2. The Hall–Kier alpha value is -2.87. The third kappa shape index (κ3) is 5.25. The second-order valence-corrected chi connectivity index (χ2v) is 7.84. The van der Waals surface area contributed by atoms with Crippen LogP contribution in [0.25, 0.3) is 0 Å². The molecule has 0 bridgehead atoms. The lowest BCUT2D eigenvalue weighted by atomic mass is 10.2. The molecule has 0 aromatic heterocycles. The third-order valence-corrected chi connectivity index (χ3v) is 5.78. The summed E-state index contributed by atoms with van der Waals surface area (Å²) in [5, 5.41) is 6.70. The van der Waals surface area contributed by atoms with Crippen LogP contribution in [0.5, 0.6) is 0 Å². The van der Waals surface area contributed by atoms with E-state index in [4.69, 9.17) is 4.74 Å². The average Bonchev–Trinajstić information content (AvgIpc) is 3.25. The highest BCUT2D eigenvalue weighted by atomic mass is 19.1. The first-order valence-corrected chi connectivity index (χ1v) is 10.7. The van der Waals surface area contributed by atoms with Gasteiger partial charge in [-0.3, -0.25) is 4.99 Å². The Balaban J connectivity index is 1.28. The molecule has 0 amide bonds. The number of benzene rings is 2. The van der Waals surface area contributed by atoms with Crippen LogP contribution in [0.1, 0.15) is 12.0 Å². The first-order valence-electron chi connectivity index (χ1n) is 10.7. The number of aliphatic imine (C=N–C) groups is 1. The van der Waals surface area contributed by atoms with E-state index in [1.54, 1.807) is 11.9 Å². The van der Waals surface area contributed by atoms with Crippen LogP contribution in [0.4, 0.5) is 20.2 Å². The molecule has 2 N–H and O–H groups in total. The van der Waals surface area contributed by atoms with Gasteiger partial charge < -0.3 is 25.2 Å². The number of nitrogens with one attached hydrogen (secondary N) is 2. The summed E-state index contributed by atoms with van der Waals surface area (Å²) < 4.78 is 33.5. The fraction of sp³-hybridized carbons (Fsp3) is 0.435. The molecule has 1 unspecified atom stereocenters. The van der Waals surface area contributed by atoms with Crippen LogP contribution in [0.3, 0.4) is 0 Å². The maximum atomic E-state index is 14.1. The number of hydrogen-bond acceptors (Lipinski definition) is 4. The van der Waals surface area contributed by atoms with Crippen molar-refractivity contribution >= 4 is 17.3 Å². The second-order valence-electron chi connectivity index (χ2n) is 7.84. The molecule has 2 aromatic rings. The van der Waals surface area contributed by atoms with Gasteiger partial charge in [-0.25, -0.2) is 8.78 Å². The normalized spacial score (nSPS) is 19.6. The number of halogens is 2. The number of para-hydroxylation sites is 1. The summed E-state index contributed by atoms with van der Waals surface area (Å²) in [4.78, 5) is 8.37. The fourth-order valence-corrected chi connectivity index (χ4v) is 4.09. The first-order chi connectivity index (χ1) is 15.1. The van der Waals surface area contributed by atoms with Crippen molar-refractivity contribution in [3.05, 3.63) is 59.7 Å². The molecule has 0 spiro atoms. The summed E-state index contributed by atoms with van der Waals surface area (Å²) in [5.41, 5.74) is 2.41. The van der Waals surface area contributed by atoms with E-state index >= 15 is 0 Å². The maximum Gasteiger partial charge on any atom is 0.191 e. The molecule has 2 fully saturated rings. The predicted octanol–water partition coefficient (Wildman–Crippen LogP) is 2.75. The van der Waals surface area contributed by atoms with E-state index in [1.807, 2.05) is 0 Å². The zero-order valence-corrected chi connectivity index (χ0v) is 17.8. The Morgan fingerprint density at radius 2 is 1.74 bits per heavy atom. The van der Waals surface area contributed by atoms with Gasteiger partial charge in [0.1, 0.15) is 17.3 Å². The molecule has 2 aliphatic rings. The number of nitrogens with zero attached hydrogens (tertiary/aromatic N) is 3. The van der Waals surface area contributed by atoms with E-state index < -0.39 is 11.6 Å². The molecule has 4 rings (SSSR count). The van der Waals surface area contributed by atoms with Gasteiger partial charge in [0.15, 0.2) is 5.96 Å². The van der Waals surface area contributed by atoms with E-state index in [-0.39, 0.29) is 11.7 Å². The van der Waals surface area contributed by atoms with Gasteiger partial charge in [-0.05, 0) is 36.2 Å². The van der Waals surface area contributed by atoms with Crippen LogP contribution in [0.2, 0.25) is 0 Å². The van der Waals surface area contributed by atoms with Gasteiger partial charge in [0.05, 0.1) is 13.2 Å². The molecule has 2 aliphatic heterocycles. The molecule has 0 radical (unpaired) electrons. The number of guanidine groups is 1. The molecule has 1 atom stereocenters. The van der Waals surface area contributed by atoms with Crippen molar-refractivity contribution in [1.82, 2.24) is 10.6 Å². The Labute approximate surface area is 181 Å². The Bertz CT molecular complexity index is 879. The molecule has 8 heteroatoms. The summed E-state index contributed by atoms with van der Waals surface area (Å²) in [5.74, 6) is -0.370. The molecule has 2 aromatic carbocycles. The van der Waals surface area contributed by atoms with Crippen LogP contribution in [0.15, 0.2) is 47.5 Å². The molecular weight excluding hydrogens is 400 g/mol. The van der Waals surface area contributed by atoms with E-state index in [1.165, 1.54) is 23.9 Å². The molecule has 31 heavy (non-hydrogen) atoms. The molecule has 2 saturated heterocycles. The molecular formula is C23H29F2N5O. The zero-order chi connectivity index (χ0) is 21.6. The number of hydrogen-bond donors (Lipinski definition) is 2. The fourth-order valence-electron chi connectivity index (χ4n) is 4.09. The van der Waals surface area contributed by atoms with Crippen molar-refractivity contribution in [1.29, 1.82) is 0 Å². The van der Waals surface area contributed by atoms with Crippen LogP contribution in [0, 0.1) is 11.6 Å². The lowest BCUT2D eigenvalue weighted by molar-refractivity contribution is 0.122. The van der Waals surface area contributed by atoms with Gasteiger partial charge in [-0.2, -0.15) is 0 Å². The maximum absolute atomic E-state index is 14.1. The van der Waals surface area contributed by atoms with E-state index in [0.717, 1.165) is 38.3 Å². The van der Waals surface area contributed by atoms with E-state index in [2.05, 4.69) is 44.8 Å². The van der Waals surface area contributed by atoms with Gasteiger partial charge >= 0.3 is 0 Å². The number of ether oxygens (including phenoxy) is 1. The van der Waals surface area contributed by atoms with Crippen LogP contribution in [-0.2, 0) is 11.3 Å². The van der Waals surface area contributed by atoms with Crippen molar-refractivity contribution in [2.45, 2.75) is 19.0 Å².